The van der Waals surface area contributed by atoms with Crippen LogP contribution in [0.25, 0.3) is 0 Å². The van der Waals surface area contributed by atoms with E-state index in [0.717, 1.165) is 43.5 Å². The lowest BCUT2D eigenvalue weighted by Gasteiger charge is -2.26. The minimum Gasteiger partial charge on any atom is -0.370 e. The normalized spacial score (nSPS) is 16.1. The van der Waals surface area contributed by atoms with Crippen LogP contribution in [0.3, 0.4) is 0 Å². The molecule has 1 aromatic heterocycles. The zero-order valence-corrected chi connectivity index (χ0v) is 12.8. The first-order valence-electron chi connectivity index (χ1n) is 7.90. The fraction of sp³-hybridized carbons (Fsp3) is 0.733. The standard InChI is InChI=1S/C15H27N5/c1-3-13-18-14(16-4-2)12-15(19-13)17-8-11-20-9-6-5-7-10-20/h12H,3-11H2,1-2H3,(H2,16,17,18,19). The van der Waals surface area contributed by atoms with Gasteiger partial charge in [-0.25, -0.2) is 9.97 Å². The van der Waals surface area contributed by atoms with Gasteiger partial charge >= 0.3 is 0 Å². The fourth-order valence-electron chi connectivity index (χ4n) is 2.54. The van der Waals surface area contributed by atoms with Gasteiger partial charge in [0.1, 0.15) is 17.5 Å². The smallest absolute Gasteiger partial charge is 0.132 e. The molecule has 2 heterocycles. The van der Waals surface area contributed by atoms with Crippen molar-refractivity contribution < 1.29 is 0 Å². The molecule has 112 valence electrons. The zero-order valence-electron chi connectivity index (χ0n) is 12.8. The van der Waals surface area contributed by atoms with Crippen molar-refractivity contribution in [3.8, 4) is 0 Å². The van der Waals surface area contributed by atoms with E-state index in [2.05, 4.69) is 39.3 Å². The maximum absolute atomic E-state index is 4.54. The van der Waals surface area contributed by atoms with Crippen LogP contribution in [-0.2, 0) is 6.42 Å². The minimum atomic E-state index is 0.861. The molecule has 2 rings (SSSR count). The first kappa shape index (κ1) is 15.0. The number of hydrogen-bond donors (Lipinski definition) is 2. The van der Waals surface area contributed by atoms with E-state index in [1.54, 1.807) is 0 Å². The summed E-state index contributed by atoms with van der Waals surface area (Å²) in [5.41, 5.74) is 0. The Bertz CT molecular complexity index is 401. The van der Waals surface area contributed by atoms with Gasteiger partial charge in [-0.3, -0.25) is 0 Å². The molecule has 0 atom stereocenters. The highest BCUT2D eigenvalue weighted by Gasteiger charge is 2.09. The van der Waals surface area contributed by atoms with Gasteiger partial charge in [0.2, 0.25) is 0 Å². The van der Waals surface area contributed by atoms with E-state index in [0.29, 0.717) is 0 Å². The molecular weight excluding hydrogens is 250 g/mol. The molecule has 0 saturated carbocycles. The Morgan fingerprint density at radius 2 is 1.75 bits per heavy atom. The Hall–Kier alpha value is -1.36. The molecule has 0 amide bonds. The van der Waals surface area contributed by atoms with Gasteiger partial charge in [-0.1, -0.05) is 13.3 Å². The van der Waals surface area contributed by atoms with Crippen molar-refractivity contribution in [2.24, 2.45) is 0 Å². The van der Waals surface area contributed by atoms with Crippen molar-refractivity contribution in [3.63, 3.8) is 0 Å². The average molecular weight is 277 g/mol. The van der Waals surface area contributed by atoms with Gasteiger partial charge in [0, 0.05) is 32.1 Å². The number of likely N-dealkylation sites (tertiary alicyclic amines) is 1. The van der Waals surface area contributed by atoms with Gasteiger partial charge in [0.15, 0.2) is 0 Å². The molecule has 0 aliphatic carbocycles. The highest BCUT2D eigenvalue weighted by molar-refractivity contribution is 5.47. The third-order valence-electron chi connectivity index (χ3n) is 3.63. The second kappa shape index (κ2) is 8.04. The summed E-state index contributed by atoms with van der Waals surface area (Å²) in [5.74, 6) is 2.74. The Balaban J connectivity index is 1.85. The summed E-state index contributed by atoms with van der Waals surface area (Å²) in [6.07, 6.45) is 4.94. The van der Waals surface area contributed by atoms with Crippen molar-refractivity contribution in [1.82, 2.24) is 14.9 Å². The molecule has 0 unspecified atom stereocenters. The molecule has 2 N–H and O–H groups in total. The van der Waals surface area contributed by atoms with Gasteiger partial charge in [-0.15, -0.1) is 0 Å². The van der Waals surface area contributed by atoms with Gasteiger partial charge in [-0.2, -0.15) is 0 Å². The number of aromatic nitrogens is 2. The van der Waals surface area contributed by atoms with E-state index in [9.17, 15) is 0 Å². The Morgan fingerprint density at radius 1 is 1.05 bits per heavy atom. The van der Waals surface area contributed by atoms with E-state index >= 15 is 0 Å². The van der Waals surface area contributed by atoms with Crippen LogP contribution < -0.4 is 10.6 Å². The summed E-state index contributed by atoms with van der Waals surface area (Å²) < 4.78 is 0. The maximum Gasteiger partial charge on any atom is 0.132 e. The lowest BCUT2D eigenvalue weighted by atomic mass is 10.1. The molecule has 5 nitrogen and oxygen atoms in total. The number of nitrogens with zero attached hydrogens (tertiary/aromatic N) is 3. The molecular formula is C15H27N5. The van der Waals surface area contributed by atoms with Crippen molar-refractivity contribution in [1.29, 1.82) is 0 Å². The molecule has 0 bridgehead atoms. The molecule has 0 spiro atoms. The quantitative estimate of drug-likeness (QED) is 0.801. The van der Waals surface area contributed by atoms with Gasteiger partial charge in [0.25, 0.3) is 0 Å². The Kier molecular flexibility index (Phi) is 6.05. The largest absolute Gasteiger partial charge is 0.370 e. The number of hydrogen-bond acceptors (Lipinski definition) is 5. The van der Waals surface area contributed by atoms with Gasteiger partial charge in [-0.05, 0) is 32.9 Å². The van der Waals surface area contributed by atoms with Crippen LogP contribution in [0.5, 0.6) is 0 Å². The topological polar surface area (TPSA) is 53.1 Å². The molecule has 1 aromatic rings. The second-order valence-electron chi connectivity index (χ2n) is 5.27. The molecule has 1 aliphatic rings. The Morgan fingerprint density at radius 3 is 2.40 bits per heavy atom. The summed E-state index contributed by atoms with van der Waals surface area (Å²) in [6.45, 7) is 9.59. The molecule has 0 radical (unpaired) electrons. The molecule has 0 aromatic carbocycles. The molecule has 1 saturated heterocycles. The fourth-order valence-corrected chi connectivity index (χ4v) is 2.54. The Labute approximate surface area is 122 Å². The summed E-state index contributed by atoms with van der Waals surface area (Å²) >= 11 is 0. The predicted molar refractivity (Wildman–Crippen MR) is 84.4 cm³/mol. The number of rotatable bonds is 7. The summed E-state index contributed by atoms with van der Waals surface area (Å²) in [7, 11) is 0. The first-order chi connectivity index (χ1) is 9.81. The van der Waals surface area contributed by atoms with E-state index in [-0.39, 0.29) is 0 Å². The van der Waals surface area contributed by atoms with Crippen LogP contribution in [0.15, 0.2) is 6.07 Å². The van der Waals surface area contributed by atoms with Gasteiger partial charge in [0.05, 0.1) is 0 Å². The summed E-state index contributed by atoms with van der Waals surface area (Å²) in [5, 5.41) is 6.69. The van der Waals surface area contributed by atoms with Crippen LogP contribution in [0.2, 0.25) is 0 Å². The zero-order chi connectivity index (χ0) is 14.2. The number of nitrogens with one attached hydrogen (secondary N) is 2. The highest BCUT2D eigenvalue weighted by atomic mass is 15.2. The molecule has 20 heavy (non-hydrogen) atoms. The average Bonchev–Trinajstić information content (AvgIpc) is 2.48. The molecule has 5 heteroatoms. The van der Waals surface area contributed by atoms with Crippen LogP contribution in [0, 0.1) is 0 Å². The maximum atomic E-state index is 4.54. The van der Waals surface area contributed by atoms with Crippen molar-refractivity contribution in [2.45, 2.75) is 39.5 Å². The number of anilines is 2. The van der Waals surface area contributed by atoms with Crippen LogP contribution >= 0.6 is 0 Å². The number of piperidine rings is 1. The van der Waals surface area contributed by atoms with Crippen molar-refractivity contribution in [3.05, 3.63) is 11.9 Å². The molecule has 1 aliphatic heterocycles. The lowest BCUT2D eigenvalue weighted by molar-refractivity contribution is 0.237. The van der Waals surface area contributed by atoms with E-state index in [1.807, 2.05) is 6.07 Å². The van der Waals surface area contributed by atoms with E-state index < -0.39 is 0 Å². The van der Waals surface area contributed by atoms with E-state index in [4.69, 9.17) is 0 Å². The van der Waals surface area contributed by atoms with Gasteiger partial charge < -0.3 is 15.5 Å². The first-order valence-corrected chi connectivity index (χ1v) is 7.90. The predicted octanol–water partition coefficient (Wildman–Crippen LogP) is 2.37. The van der Waals surface area contributed by atoms with Crippen LogP contribution in [-0.4, -0.2) is 47.6 Å². The summed E-state index contributed by atoms with van der Waals surface area (Å²) in [4.78, 5) is 11.5. The van der Waals surface area contributed by atoms with Crippen LogP contribution in [0.1, 0.15) is 38.9 Å². The summed E-state index contributed by atoms with van der Waals surface area (Å²) in [6, 6.07) is 2.00. The highest BCUT2D eigenvalue weighted by Crippen LogP contribution is 2.12. The second-order valence-corrected chi connectivity index (χ2v) is 5.27. The lowest BCUT2D eigenvalue weighted by Crippen LogP contribution is -2.33. The van der Waals surface area contributed by atoms with Crippen molar-refractivity contribution in [2.75, 3.05) is 43.4 Å². The minimum absolute atomic E-state index is 0.861. The number of aryl methyl sites for hydroxylation is 1. The third kappa shape index (κ3) is 4.63. The SMILES string of the molecule is CCNc1cc(NCCN2CCCCC2)nc(CC)n1. The third-order valence-corrected chi connectivity index (χ3v) is 3.63. The molecule has 1 fully saturated rings. The van der Waals surface area contributed by atoms with Crippen molar-refractivity contribution >= 4 is 11.6 Å². The van der Waals surface area contributed by atoms with E-state index in [1.165, 1.54) is 32.4 Å². The van der Waals surface area contributed by atoms with Crippen LogP contribution in [0.4, 0.5) is 11.6 Å². The monoisotopic (exact) mass is 277 g/mol.